The Balaban J connectivity index is 3.10. The Morgan fingerprint density at radius 1 is 1.47 bits per heavy atom. The van der Waals surface area contributed by atoms with Crippen molar-refractivity contribution in [1.29, 1.82) is 0 Å². The summed E-state index contributed by atoms with van der Waals surface area (Å²) in [4.78, 5) is 21.8. The van der Waals surface area contributed by atoms with E-state index in [-0.39, 0.29) is 16.1 Å². The molecule has 1 aromatic carbocycles. The van der Waals surface area contributed by atoms with Gasteiger partial charge >= 0.3 is 5.97 Å². The van der Waals surface area contributed by atoms with Gasteiger partial charge in [0.2, 0.25) is 0 Å². The predicted octanol–water partition coefficient (Wildman–Crippen LogP) is 0.720. The quantitative estimate of drug-likeness (QED) is 0.614. The Bertz CT molecular complexity index is 432. The van der Waals surface area contributed by atoms with E-state index in [1.807, 2.05) is 0 Å². The molecule has 0 aliphatic rings. The van der Waals surface area contributed by atoms with Crippen molar-refractivity contribution >= 4 is 23.9 Å². The Labute approximate surface area is 103 Å². The second-order valence-electron chi connectivity index (χ2n) is 3.30. The second kappa shape index (κ2) is 5.77. The molecule has 2 N–H and O–H groups in total. The Morgan fingerprint density at radius 3 is 2.65 bits per heavy atom. The van der Waals surface area contributed by atoms with Crippen molar-refractivity contribution in [1.82, 2.24) is 0 Å². The van der Waals surface area contributed by atoms with Gasteiger partial charge in [0.15, 0.2) is 6.10 Å². The first kappa shape index (κ1) is 13.6. The summed E-state index contributed by atoms with van der Waals surface area (Å²) >= 11 is 5.71. The topological polar surface area (TPSA) is 83.8 Å². The highest BCUT2D eigenvalue weighted by atomic mass is 35.5. The van der Waals surface area contributed by atoms with Crippen LogP contribution in [0.15, 0.2) is 18.2 Å². The first-order valence-electron chi connectivity index (χ1n) is 4.69. The van der Waals surface area contributed by atoms with Gasteiger partial charge in [0.25, 0.3) is 0 Å². The van der Waals surface area contributed by atoms with Crippen molar-refractivity contribution in [2.45, 2.75) is 12.2 Å². The van der Waals surface area contributed by atoms with Gasteiger partial charge in [-0.15, -0.1) is 0 Å². The van der Waals surface area contributed by atoms with Crippen LogP contribution < -0.4 is 0 Å². The first-order chi connectivity index (χ1) is 8.01. The summed E-state index contributed by atoms with van der Waals surface area (Å²) < 4.78 is 4.29. The molecule has 0 amide bonds. The molecule has 1 aromatic rings. The average molecular weight is 259 g/mol. The molecule has 2 unspecified atom stereocenters. The molecule has 0 aromatic heterocycles. The summed E-state index contributed by atoms with van der Waals surface area (Å²) in [5, 5.41) is 19.5. The number of rotatable bonds is 4. The molecule has 0 saturated carbocycles. The van der Waals surface area contributed by atoms with Crippen LogP contribution in [0.5, 0.6) is 0 Å². The fraction of sp³-hybridized carbons (Fsp3) is 0.273. The van der Waals surface area contributed by atoms with E-state index in [0.717, 1.165) is 7.11 Å². The van der Waals surface area contributed by atoms with E-state index >= 15 is 0 Å². The van der Waals surface area contributed by atoms with E-state index in [9.17, 15) is 19.8 Å². The second-order valence-corrected chi connectivity index (χ2v) is 3.74. The summed E-state index contributed by atoms with van der Waals surface area (Å²) in [7, 11) is 1.08. The minimum atomic E-state index is -1.77. The van der Waals surface area contributed by atoms with Gasteiger partial charge in [-0.25, -0.2) is 4.79 Å². The summed E-state index contributed by atoms with van der Waals surface area (Å²) in [6, 6.07) is 4.16. The molecule has 0 bridgehead atoms. The Morgan fingerprint density at radius 2 is 2.12 bits per heavy atom. The van der Waals surface area contributed by atoms with Crippen LogP contribution in [0.1, 0.15) is 22.0 Å². The zero-order valence-electron chi connectivity index (χ0n) is 8.96. The standard InChI is InChI=1S/C11H11ClO5/c1-17-11(16)10(15)9(14)8-4-7(12)3-2-6(8)5-13/h2-5,9-10,14-15H,1H3. The van der Waals surface area contributed by atoms with Crippen LogP contribution in [-0.2, 0) is 9.53 Å². The van der Waals surface area contributed by atoms with E-state index < -0.39 is 18.2 Å². The number of aliphatic hydroxyl groups excluding tert-OH is 2. The van der Waals surface area contributed by atoms with Crippen molar-refractivity contribution in [2.75, 3.05) is 7.11 Å². The maximum atomic E-state index is 11.1. The molecular formula is C11H11ClO5. The van der Waals surface area contributed by atoms with E-state index in [2.05, 4.69) is 4.74 Å². The predicted molar refractivity (Wildman–Crippen MR) is 59.8 cm³/mol. The average Bonchev–Trinajstić information content (AvgIpc) is 2.35. The number of ether oxygens (including phenoxy) is 1. The molecule has 2 atom stereocenters. The van der Waals surface area contributed by atoms with Gasteiger partial charge in [-0.3, -0.25) is 4.79 Å². The molecule has 6 heteroatoms. The molecular weight excluding hydrogens is 248 g/mol. The fourth-order valence-electron chi connectivity index (χ4n) is 1.33. The molecule has 1 rings (SSSR count). The normalized spacial score (nSPS) is 13.9. The highest BCUT2D eigenvalue weighted by molar-refractivity contribution is 6.30. The summed E-state index contributed by atoms with van der Waals surface area (Å²) in [5.41, 5.74) is 0.218. The number of carbonyl (C=O) groups excluding carboxylic acids is 2. The number of benzene rings is 1. The number of carbonyl (C=O) groups is 2. The van der Waals surface area contributed by atoms with Crippen molar-refractivity contribution in [2.24, 2.45) is 0 Å². The van der Waals surface area contributed by atoms with E-state index in [0.29, 0.717) is 6.29 Å². The fourth-order valence-corrected chi connectivity index (χ4v) is 1.51. The highest BCUT2D eigenvalue weighted by Crippen LogP contribution is 2.24. The zero-order chi connectivity index (χ0) is 13.0. The molecule has 0 radical (unpaired) electrons. The Hall–Kier alpha value is -1.43. The van der Waals surface area contributed by atoms with E-state index in [1.165, 1.54) is 18.2 Å². The van der Waals surface area contributed by atoms with Crippen molar-refractivity contribution in [3.63, 3.8) is 0 Å². The first-order valence-corrected chi connectivity index (χ1v) is 5.07. The van der Waals surface area contributed by atoms with Gasteiger partial charge in [0.1, 0.15) is 12.4 Å². The van der Waals surface area contributed by atoms with Gasteiger partial charge in [-0.05, 0) is 23.8 Å². The van der Waals surface area contributed by atoms with E-state index in [4.69, 9.17) is 11.6 Å². The van der Waals surface area contributed by atoms with Crippen LogP contribution in [0.25, 0.3) is 0 Å². The SMILES string of the molecule is COC(=O)C(O)C(O)c1cc(Cl)ccc1C=O. The number of hydrogen-bond acceptors (Lipinski definition) is 5. The largest absolute Gasteiger partial charge is 0.467 e. The number of halogens is 1. The monoisotopic (exact) mass is 258 g/mol. The van der Waals surface area contributed by atoms with Crippen LogP contribution in [0, 0.1) is 0 Å². The lowest BCUT2D eigenvalue weighted by Crippen LogP contribution is -2.29. The molecule has 5 nitrogen and oxygen atoms in total. The van der Waals surface area contributed by atoms with Crippen molar-refractivity contribution in [3.05, 3.63) is 34.3 Å². The van der Waals surface area contributed by atoms with Crippen molar-refractivity contribution in [3.8, 4) is 0 Å². The number of hydrogen-bond donors (Lipinski definition) is 2. The van der Waals surface area contributed by atoms with Crippen LogP contribution in [0.2, 0.25) is 5.02 Å². The molecule has 0 aliphatic carbocycles. The third-order valence-corrected chi connectivity index (χ3v) is 2.47. The maximum Gasteiger partial charge on any atom is 0.337 e. The van der Waals surface area contributed by atoms with Crippen LogP contribution in [0.4, 0.5) is 0 Å². The molecule has 0 aliphatic heterocycles. The van der Waals surface area contributed by atoms with Crippen LogP contribution in [-0.4, -0.2) is 35.7 Å². The van der Waals surface area contributed by atoms with Crippen molar-refractivity contribution < 1.29 is 24.5 Å². The minimum absolute atomic E-state index is 0.0744. The van der Waals surface area contributed by atoms with Gasteiger partial charge in [-0.2, -0.15) is 0 Å². The molecule has 0 saturated heterocycles. The molecule has 92 valence electrons. The van der Waals surface area contributed by atoms with Gasteiger partial charge in [-0.1, -0.05) is 11.6 Å². The number of esters is 1. The van der Waals surface area contributed by atoms with Crippen LogP contribution in [0.3, 0.4) is 0 Å². The van der Waals surface area contributed by atoms with E-state index in [1.54, 1.807) is 0 Å². The molecule has 17 heavy (non-hydrogen) atoms. The highest BCUT2D eigenvalue weighted by Gasteiger charge is 2.28. The smallest absolute Gasteiger partial charge is 0.337 e. The number of aliphatic hydroxyl groups is 2. The minimum Gasteiger partial charge on any atom is -0.467 e. The Kier molecular flexibility index (Phi) is 4.62. The van der Waals surface area contributed by atoms with Gasteiger partial charge in [0.05, 0.1) is 7.11 Å². The van der Waals surface area contributed by atoms with Gasteiger partial charge < -0.3 is 14.9 Å². The zero-order valence-corrected chi connectivity index (χ0v) is 9.72. The molecule has 0 spiro atoms. The van der Waals surface area contributed by atoms with Gasteiger partial charge in [0, 0.05) is 10.6 Å². The number of methoxy groups -OCH3 is 1. The molecule has 0 heterocycles. The lowest BCUT2D eigenvalue weighted by atomic mass is 9.99. The van der Waals surface area contributed by atoms with Crippen LogP contribution >= 0.6 is 11.6 Å². The number of aldehydes is 1. The third kappa shape index (κ3) is 3.03. The lowest BCUT2D eigenvalue weighted by molar-refractivity contribution is -0.156. The third-order valence-electron chi connectivity index (χ3n) is 2.24. The summed E-state index contributed by atoms with van der Waals surface area (Å²) in [6.45, 7) is 0. The molecule has 0 fully saturated rings. The summed E-state index contributed by atoms with van der Waals surface area (Å²) in [5.74, 6) is -0.991. The lowest BCUT2D eigenvalue weighted by Gasteiger charge is -2.17. The summed E-state index contributed by atoms with van der Waals surface area (Å²) in [6.07, 6.45) is -2.84. The maximum absolute atomic E-state index is 11.1.